The Morgan fingerprint density at radius 3 is 2.86 bits per heavy atom. The second kappa shape index (κ2) is 7.10. The molecule has 2 atom stereocenters. The van der Waals surface area contributed by atoms with Gasteiger partial charge in [-0.15, -0.1) is 0 Å². The normalized spacial score (nSPS) is 25.7. The largest absolute Gasteiger partial charge is 0.454 e. The van der Waals surface area contributed by atoms with Crippen molar-refractivity contribution >= 4 is 22.1 Å². The Balaban J connectivity index is 1.38. The highest BCUT2D eigenvalue weighted by Crippen LogP contribution is 2.39. The molecule has 2 fully saturated rings. The Morgan fingerprint density at radius 2 is 2.07 bits per heavy atom. The average Bonchev–Trinajstić information content (AvgIpc) is 3.45. The van der Waals surface area contributed by atoms with E-state index >= 15 is 0 Å². The molecule has 0 aliphatic carbocycles. The number of fused-ring (bicyclic) bond motifs is 1. The molecule has 0 spiro atoms. The monoisotopic (exact) mass is 436 g/mol. The molecule has 2 aromatic rings. The number of hydrogen-bond donors (Lipinski definition) is 0. The molecule has 3 aliphatic heterocycles. The van der Waals surface area contributed by atoms with E-state index in [0.29, 0.717) is 17.9 Å². The van der Waals surface area contributed by atoms with Gasteiger partial charge in [0.2, 0.25) is 6.79 Å². The Hall–Kier alpha value is -1.91. The number of sulfone groups is 1. The Morgan fingerprint density at radius 1 is 1.24 bits per heavy atom. The smallest absolute Gasteiger partial charge is 0.231 e. The van der Waals surface area contributed by atoms with Crippen molar-refractivity contribution in [1.82, 2.24) is 19.2 Å². The summed E-state index contributed by atoms with van der Waals surface area (Å²) >= 11 is 5.61. The molecule has 5 rings (SSSR count). The van der Waals surface area contributed by atoms with Crippen LogP contribution in [0, 0.1) is 4.77 Å². The SMILES string of the molecule is Cn1c(C2CCS(=O)(=O)C2)nn(CN2CCCC2c2ccc3c(c2)OCO3)c1=S. The molecular formula is C19H24N4O4S2. The van der Waals surface area contributed by atoms with Gasteiger partial charge in [0.25, 0.3) is 0 Å². The van der Waals surface area contributed by atoms with Gasteiger partial charge in [0.15, 0.2) is 26.1 Å². The van der Waals surface area contributed by atoms with Crippen LogP contribution in [0.1, 0.15) is 42.6 Å². The van der Waals surface area contributed by atoms with Crippen molar-refractivity contribution in [3.63, 3.8) is 0 Å². The van der Waals surface area contributed by atoms with Crippen LogP contribution in [0.3, 0.4) is 0 Å². The molecule has 2 unspecified atom stereocenters. The lowest BCUT2D eigenvalue weighted by Crippen LogP contribution is -2.27. The molecule has 1 aromatic carbocycles. The third kappa shape index (κ3) is 3.47. The third-order valence-corrected chi connectivity index (χ3v) is 8.39. The van der Waals surface area contributed by atoms with Crippen molar-refractivity contribution < 1.29 is 17.9 Å². The summed E-state index contributed by atoms with van der Waals surface area (Å²) in [6.07, 6.45) is 2.78. The van der Waals surface area contributed by atoms with Crippen molar-refractivity contribution in [2.75, 3.05) is 24.8 Å². The molecule has 29 heavy (non-hydrogen) atoms. The van der Waals surface area contributed by atoms with E-state index in [1.54, 1.807) is 0 Å². The van der Waals surface area contributed by atoms with Crippen molar-refractivity contribution in [3.8, 4) is 11.5 Å². The number of nitrogens with zero attached hydrogens (tertiary/aromatic N) is 4. The van der Waals surface area contributed by atoms with E-state index in [9.17, 15) is 8.42 Å². The van der Waals surface area contributed by atoms with E-state index < -0.39 is 9.84 Å². The first-order valence-corrected chi connectivity index (χ1v) is 12.1. The van der Waals surface area contributed by atoms with Crippen LogP contribution in [-0.4, -0.2) is 52.5 Å². The van der Waals surface area contributed by atoms with E-state index in [-0.39, 0.29) is 30.3 Å². The summed E-state index contributed by atoms with van der Waals surface area (Å²) in [4.78, 5) is 2.37. The first kappa shape index (κ1) is 19.1. The van der Waals surface area contributed by atoms with E-state index in [4.69, 9.17) is 26.8 Å². The molecule has 0 amide bonds. The first-order chi connectivity index (χ1) is 13.9. The molecule has 156 valence electrons. The lowest BCUT2D eigenvalue weighted by atomic mass is 10.0. The molecule has 3 aliphatic rings. The molecular weight excluding hydrogens is 412 g/mol. The topological polar surface area (TPSA) is 78.6 Å². The van der Waals surface area contributed by atoms with Gasteiger partial charge in [-0.2, -0.15) is 5.10 Å². The summed E-state index contributed by atoms with van der Waals surface area (Å²) < 4.78 is 39.0. The van der Waals surface area contributed by atoms with Gasteiger partial charge < -0.3 is 14.0 Å². The molecule has 10 heteroatoms. The van der Waals surface area contributed by atoms with E-state index in [1.807, 2.05) is 22.4 Å². The Kier molecular flexibility index (Phi) is 4.67. The zero-order valence-electron chi connectivity index (χ0n) is 16.3. The highest BCUT2D eigenvalue weighted by Gasteiger charge is 2.33. The zero-order valence-corrected chi connectivity index (χ0v) is 17.9. The molecule has 1 aromatic heterocycles. The van der Waals surface area contributed by atoms with E-state index in [2.05, 4.69) is 17.0 Å². The van der Waals surface area contributed by atoms with Crippen LogP contribution in [-0.2, 0) is 23.6 Å². The number of ether oxygens (including phenoxy) is 2. The predicted octanol–water partition coefficient (Wildman–Crippen LogP) is 2.38. The van der Waals surface area contributed by atoms with Crippen molar-refractivity contribution in [2.24, 2.45) is 7.05 Å². The lowest BCUT2D eigenvalue weighted by molar-refractivity contribution is 0.173. The summed E-state index contributed by atoms with van der Waals surface area (Å²) in [5.74, 6) is 2.69. The molecule has 0 radical (unpaired) electrons. The highest BCUT2D eigenvalue weighted by molar-refractivity contribution is 7.91. The van der Waals surface area contributed by atoms with E-state index in [0.717, 1.165) is 36.7 Å². The summed E-state index contributed by atoms with van der Waals surface area (Å²) in [6, 6.07) is 6.41. The fourth-order valence-corrected chi connectivity index (χ4v) is 6.55. The molecule has 0 bridgehead atoms. The van der Waals surface area contributed by atoms with Gasteiger partial charge in [-0.05, 0) is 49.2 Å². The highest BCUT2D eigenvalue weighted by atomic mass is 32.2. The molecule has 0 saturated carbocycles. The van der Waals surface area contributed by atoms with Crippen LogP contribution in [0.25, 0.3) is 0 Å². The second-order valence-corrected chi connectivity index (χ2v) is 10.6. The van der Waals surface area contributed by atoms with Crippen molar-refractivity contribution in [1.29, 1.82) is 0 Å². The molecule has 0 N–H and O–H groups in total. The van der Waals surface area contributed by atoms with Gasteiger partial charge in [0.1, 0.15) is 5.82 Å². The minimum Gasteiger partial charge on any atom is -0.454 e. The number of benzene rings is 1. The quantitative estimate of drug-likeness (QED) is 0.681. The van der Waals surface area contributed by atoms with Gasteiger partial charge in [0.05, 0.1) is 18.2 Å². The lowest BCUT2D eigenvalue weighted by Gasteiger charge is -2.24. The van der Waals surface area contributed by atoms with Gasteiger partial charge in [-0.3, -0.25) is 4.90 Å². The maximum absolute atomic E-state index is 11.9. The van der Waals surface area contributed by atoms with Crippen LogP contribution in [0.2, 0.25) is 0 Å². The molecule has 2 saturated heterocycles. The van der Waals surface area contributed by atoms with Crippen LogP contribution < -0.4 is 9.47 Å². The molecule has 8 nitrogen and oxygen atoms in total. The average molecular weight is 437 g/mol. The minimum atomic E-state index is -2.97. The fraction of sp³-hybridized carbons (Fsp3) is 0.579. The fourth-order valence-electron chi connectivity index (χ4n) is 4.62. The maximum Gasteiger partial charge on any atom is 0.231 e. The Labute approximate surface area is 174 Å². The predicted molar refractivity (Wildman–Crippen MR) is 109 cm³/mol. The summed E-state index contributed by atoms with van der Waals surface area (Å²) in [7, 11) is -1.08. The first-order valence-electron chi connectivity index (χ1n) is 9.89. The van der Waals surface area contributed by atoms with Gasteiger partial charge in [-0.25, -0.2) is 13.1 Å². The summed E-state index contributed by atoms with van der Waals surface area (Å²) in [5, 5.41) is 4.73. The van der Waals surface area contributed by atoms with Crippen LogP contribution in [0.4, 0.5) is 0 Å². The number of aromatic nitrogens is 3. The molecule has 4 heterocycles. The maximum atomic E-state index is 11.9. The Bertz CT molecular complexity index is 1110. The van der Waals surface area contributed by atoms with Gasteiger partial charge in [-0.1, -0.05) is 6.07 Å². The zero-order chi connectivity index (χ0) is 20.2. The van der Waals surface area contributed by atoms with Crippen LogP contribution in [0.5, 0.6) is 11.5 Å². The number of hydrogen-bond acceptors (Lipinski definition) is 7. The van der Waals surface area contributed by atoms with Crippen molar-refractivity contribution in [3.05, 3.63) is 34.4 Å². The van der Waals surface area contributed by atoms with Crippen molar-refractivity contribution in [2.45, 2.75) is 37.9 Å². The van der Waals surface area contributed by atoms with Crippen LogP contribution >= 0.6 is 12.2 Å². The second-order valence-electron chi connectivity index (χ2n) is 8.02. The van der Waals surface area contributed by atoms with Gasteiger partial charge >= 0.3 is 0 Å². The van der Waals surface area contributed by atoms with Crippen LogP contribution in [0.15, 0.2) is 18.2 Å². The summed E-state index contributed by atoms with van der Waals surface area (Å²) in [6.45, 7) is 1.83. The number of rotatable bonds is 4. The summed E-state index contributed by atoms with van der Waals surface area (Å²) in [5.41, 5.74) is 1.20. The van der Waals surface area contributed by atoms with E-state index in [1.165, 1.54) is 5.56 Å². The third-order valence-electron chi connectivity index (χ3n) is 6.13. The van der Waals surface area contributed by atoms with Gasteiger partial charge in [0, 0.05) is 25.6 Å². The minimum absolute atomic E-state index is 0.0730. The standard InChI is InChI=1S/C19H24N4O4S2/c1-21-18(14-6-8-29(24,25)10-14)20-23(19(21)28)11-22-7-2-3-15(22)13-4-5-16-17(9-13)27-12-26-16/h4-5,9,14-15H,2-3,6-8,10-12H2,1H3. The number of likely N-dealkylation sites (tertiary alicyclic amines) is 1.